The summed E-state index contributed by atoms with van der Waals surface area (Å²) >= 11 is 3.25. The van der Waals surface area contributed by atoms with Crippen molar-refractivity contribution in [3.63, 3.8) is 0 Å². The molecule has 1 aromatic carbocycles. The number of halogens is 5. The van der Waals surface area contributed by atoms with E-state index in [2.05, 4.69) is 20.9 Å². The molecule has 1 heterocycles. The summed E-state index contributed by atoms with van der Waals surface area (Å²) in [6.45, 7) is 0. The Balaban J connectivity index is 2.27. The second-order valence-corrected chi connectivity index (χ2v) is 5.37. The molecule has 0 aliphatic heterocycles. The molecule has 6 heteroatoms. The molecule has 0 spiro atoms. The van der Waals surface area contributed by atoms with Crippen LogP contribution in [0.5, 0.6) is 0 Å². The lowest BCUT2D eigenvalue weighted by Gasteiger charge is -2.14. The van der Waals surface area contributed by atoms with Gasteiger partial charge in [-0.3, -0.25) is 4.98 Å². The lowest BCUT2D eigenvalue weighted by molar-refractivity contribution is -0.137. The summed E-state index contributed by atoms with van der Waals surface area (Å²) in [7, 11) is 0. The third kappa shape index (κ3) is 3.56. The van der Waals surface area contributed by atoms with Crippen molar-refractivity contribution in [1.82, 2.24) is 4.98 Å². The Bertz CT molecular complexity index is 583. The summed E-state index contributed by atoms with van der Waals surface area (Å²) in [5.74, 6) is -0.658. The van der Waals surface area contributed by atoms with Gasteiger partial charge < -0.3 is 0 Å². The largest absolute Gasteiger partial charge is 0.416 e. The van der Waals surface area contributed by atoms with E-state index in [1.54, 1.807) is 24.5 Å². The van der Waals surface area contributed by atoms with Gasteiger partial charge in [0.2, 0.25) is 0 Å². The van der Waals surface area contributed by atoms with Gasteiger partial charge in [-0.05, 0) is 42.3 Å². The smallest absolute Gasteiger partial charge is 0.265 e. The van der Waals surface area contributed by atoms with E-state index in [4.69, 9.17) is 0 Å². The lowest BCUT2D eigenvalue weighted by Crippen LogP contribution is -2.08. The third-order valence-electron chi connectivity index (χ3n) is 2.83. The van der Waals surface area contributed by atoms with Crippen molar-refractivity contribution >= 4 is 15.9 Å². The number of pyridine rings is 1. The maximum absolute atomic E-state index is 13.7. The molecule has 0 N–H and O–H groups in total. The fraction of sp³-hybridized carbons (Fsp3) is 0.214. The van der Waals surface area contributed by atoms with Crippen LogP contribution in [0.1, 0.15) is 21.5 Å². The first-order chi connectivity index (χ1) is 9.38. The van der Waals surface area contributed by atoms with Crippen LogP contribution in [0, 0.1) is 5.82 Å². The molecule has 1 unspecified atom stereocenters. The van der Waals surface area contributed by atoms with Crippen LogP contribution in [-0.4, -0.2) is 4.98 Å². The highest BCUT2D eigenvalue weighted by Gasteiger charge is 2.31. The van der Waals surface area contributed by atoms with Crippen molar-refractivity contribution in [3.05, 3.63) is 65.2 Å². The molecule has 0 amide bonds. The first kappa shape index (κ1) is 15.0. The Morgan fingerprint density at radius 1 is 1.10 bits per heavy atom. The number of nitrogens with zero attached hydrogens (tertiary/aromatic N) is 1. The molecule has 0 aliphatic rings. The molecule has 0 bridgehead atoms. The topological polar surface area (TPSA) is 12.9 Å². The van der Waals surface area contributed by atoms with Gasteiger partial charge in [0.15, 0.2) is 0 Å². The van der Waals surface area contributed by atoms with Crippen molar-refractivity contribution in [1.29, 1.82) is 0 Å². The zero-order chi connectivity index (χ0) is 14.8. The second kappa shape index (κ2) is 5.91. The van der Waals surface area contributed by atoms with Gasteiger partial charge in [0, 0.05) is 22.8 Å². The third-order valence-corrected chi connectivity index (χ3v) is 3.64. The van der Waals surface area contributed by atoms with E-state index in [1.807, 2.05) is 0 Å². The average molecular weight is 348 g/mol. The van der Waals surface area contributed by atoms with Gasteiger partial charge in [0.25, 0.3) is 0 Å². The highest BCUT2D eigenvalue weighted by atomic mass is 79.9. The van der Waals surface area contributed by atoms with Crippen molar-refractivity contribution in [2.45, 2.75) is 17.4 Å². The summed E-state index contributed by atoms with van der Waals surface area (Å²) < 4.78 is 51.6. The first-order valence-electron chi connectivity index (χ1n) is 5.77. The summed E-state index contributed by atoms with van der Waals surface area (Å²) in [5, 5.41) is 0. The number of hydrogen-bond acceptors (Lipinski definition) is 1. The highest BCUT2D eigenvalue weighted by molar-refractivity contribution is 9.09. The summed E-state index contributed by atoms with van der Waals surface area (Å²) in [5.41, 5.74) is 0.00315. The Morgan fingerprint density at radius 2 is 1.75 bits per heavy atom. The van der Waals surface area contributed by atoms with Gasteiger partial charge in [0.1, 0.15) is 5.82 Å². The zero-order valence-corrected chi connectivity index (χ0v) is 11.7. The van der Waals surface area contributed by atoms with Crippen LogP contribution >= 0.6 is 15.9 Å². The van der Waals surface area contributed by atoms with Crippen LogP contribution in [0.4, 0.5) is 17.6 Å². The van der Waals surface area contributed by atoms with Crippen molar-refractivity contribution in [3.8, 4) is 0 Å². The molecule has 1 atom stereocenters. The molecule has 0 radical (unpaired) electrons. The SMILES string of the molecule is Fc1ccc(C(F)(F)F)cc1C(Br)Cc1ccncc1. The minimum atomic E-state index is -4.48. The molecule has 1 aromatic heterocycles. The number of benzene rings is 1. The first-order valence-corrected chi connectivity index (χ1v) is 6.69. The number of aromatic nitrogens is 1. The van der Waals surface area contributed by atoms with E-state index < -0.39 is 22.4 Å². The predicted molar refractivity (Wildman–Crippen MR) is 71.0 cm³/mol. The summed E-state index contributed by atoms with van der Waals surface area (Å²) in [4.78, 5) is 3.32. The minimum Gasteiger partial charge on any atom is -0.265 e. The van der Waals surface area contributed by atoms with Crippen LogP contribution < -0.4 is 0 Å². The minimum absolute atomic E-state index is 0.00311. The van der Waals surface area contributed by atoms with E-state index in [1.165, 1.54) is 0 Å². The van der Waals surface area contributed by atoms with E-state index in [9.17, 15) is 17.6 Å². The Hall–Kier alpha value is -1.43. The maximum Gasteiger partial charge on any atom is 0.416 e. The Morgan fingerprint density at radius 3 is 2.35 bits per heavy atom. The Kier molecular flexibility index (Phi) is 4.42. The van der Waals surface area contributed by atoms with Crippen LogP contribution in [0.25, 0.3) is 0 Å². The van der Waals surface area contributed by atoms with E-state index in [-0.39, 0.29) is 5.56 Å². The molecule has 0 fully saturated rings. The Labute approximate surface area is 121 Å². The van der Waals surface area contributed by atoms with E-state index in [0.717, 1.165) is 23.8 Å². The molecule has 0 saturated heterocycles. The quantitative estimate of drug-likeness (QED) is 0.567. The molecular formula is C14H10BrF4N. The van der Waals surface area contributed by atoms with Gasteiger partial charge >= 0.3 is 6.18 Å². The highest BCUT2D eigenvalue weighted by Crippen LogP contribution is 2.35. The number of hydrogen-bond donors (Lipinski definition) is 0. The molecular weight excluding hydrogens is 338 g/mol. The van der Waals surface area contributed by atoms with Crippen LogP contribution in [0.3, 0.4) is 0 Å². The van der Waals surface area contributed by atoms with E-state index in [0.29, 0.717) is 6.42 Å². The molecule has 0 aliphatic carbocycles. The molecule has 20 heavy (non-hydrogen) atoms. The normalized spacial score (nSPS) is 13.2. The van der Waals surface area contributed by atoms with Crippen molar-refractivity contribution in [2.24, 2.45) is 0 Å². The van der Waals surface area contributed by atoms with Gasteiger partial charge in [-0.1, -0.05) is 15.9 Å². The van der Waals surface area contributed by atoms with Crippen LogP contribution in [0.2, 0.25) is 0 Å². The fourth-order valence-electron chi connectivity index (χ4n) is 1.80. The van der Waals surface area contributed by atoms with Crippen LogP contribution in [-0.2, 0) is 12.6 Å². The molecule has 2 rings (SSSR count). The average Bonchev–Trinajstić information content (AvgIpc) is 2.39. The number of alkyl halides is 4. The van der Waals surface area contributed by atoms with Gasteiger partial charge in [-0.25, -0.2) is 4.39 Å². The van der Waals surface area contributed by atoms with Gasteiger partial charge in [-0.15, -0.1) is 0 Å². The summed E-state index contributed by atoms with van der Waals surface area (Å²) in [6, 6.07) is 5.90. The van der Waals surface area contributed by atoms with Gasteiger partial charge in [0.05, 0.1) is 5.56 Å². The summed E-state index contributed by atoms with van der Waals surface area (Å²) in [6.07, 6.45) is -0.943. The van der Waals surface area contributed by atoms with Crippen molar-refractivity contribution in [2.75, 3.05) is 0 Å². The molecule has 2 aromatic rings. The lowest BCUT2D eigenvalue weighted by atomic mass is 10.0. The molecule has 0 saturated carbocycles. The van der Waals surface area contributed by atoms with Crippen molar-refractivity contribution < 1.29 is 17.6 Å². The number of rotatable bonds is 3. The monoisotopic (exact) mass is 347 g/mol. The van der Waals surface area contributed by atoms with Gasteiger partial charge in [-0.2, -0.15) is 13.2 Å². The maximum atomic E-state index is 13.7. The fourth-order valence-corrected chi connectivity index (χ4v) is 2.52. The second-order valence-electron chi connectivity index (χ2n) is 4.26. The van der Waals surface area contributed by atoms with E-state index >= 15 is 0 Å². The zero-order valence-electron chi connectivity index (χ0n) is 10.2. The molecule has 106 valence electrons. The van der Waals surface area contributed by atoms with Crippen LogP contribution in [0.15, 0.2) is 42.7 Å². The predicted octanol–water partition coefficient (Wildman–Crippen LogP) is 4.92. The molecule has 1 nitrogen and oxygen atoms in total. The standard InChI is InChI=1S/C14H10BrF4N/c15-12(7-9-3-5-20-6-4-9)11-8-10(14(17,18)19)1-2-13(11)16/h1-6,8,12H,7H2.